The van der Waals surface area contributed by atoms with E-state index in [4.69, 9.17) is 16.0 Å². The number of amides is 4. The van der Waals surface area contributed by atoms with Crippen molar-refractivity contribution in [2.24, 2.45) is 11.8 Å². The fourth-order valence-electron chi connectivity index (χ4n) is 8.09. The highest BCUT2D eigenvalue weighted by Gasteiger charge is 2.34. The fourth-order valence-corrected chi connectivity index (χ4v) is 9.11. The molecule has 0 bridgehead atoms. The number of aromatic nitrogens is 2. The Labute approximate surface area is 362 Å². The van der Waals surface area contributed by atoms with Crippen LogP contribution in [0.5, 0.6) is 0 Å². The predicted molar refractivity (Wildman–Crippen MR) is 240 cm³/mol. The lowest BCUT2D eigenvalue weighted by Gasteiger charge is -2.31. The number of halogens is 1. The average molecular weight is 957 g/mol. The molecule has 2 aromatic carbocycles. The van der Waals surface area contributed by atoms with Gasteiger partial charge >= 0.3 is 0 Å². The Morgan fingerprint density at radius 3 is 1.69 bits per heavy atom. The molecule has 2 heterocycles. The Morgan fingerprint density at radius 2 is 1.24 bits per heavy atom. The standard InChI is InChI=1S/C21H26IN4O3PS.C21H26N4O3/c22-31(30)29-13-5-12-26-18-9-4-1-6-15(18)14-19(26)21(28)25-17-8-3-2-7-16(17)20(27)24-11-10-23;22-10-11-23-20(27)16-7-2-3-8-17(16)24-21(28)19-14-15-6-1-4-9-18(15)25(19)12-5-13-26/h1,4,6,9,14,16-17,30H,2-3,5,7-8,11-13H2,(H,24,27)(H,25,28);1,4,6,9,14,16-17,26H,2-3,5,7-8,11-13H2,(H,23,27)(H,24,28)/t16-,17+,31?;16-,17+/m11/s1/i30T;. The molecular formula is C42H52IN8O6PS. The van der Waals surface area contributed by atoms with E-state index in [1.807, 2.05) is 81.9 Å². The summed E-state index contributed by atoms with van der Waals surface area (Å²) in [6.07, 6.45) is 7.97. The highest BCUT2D eigenvalue weighted by molar-refractivity contribution is 14.2. The maximum atomic E-state index is 13.3. The van der Waals surface area contributed by atoms with Gasteiger partial charge in [-0.25, -0.2) is 0 Å². The molecule has 4 aromatic rings. The quantitative estimate of drug-likeness (QED) is 0.0397. The van der Waals surface area contributed by atoms with E-state index in [1.54, 1.807) is 0 Å². The molecule has 59 heavy (non-hydrogen) atoms. The van der Waals surface area contributed by atoms with Gasteiger partial charge in [0.05, 0.1) is 30.6 Å². The summed E-state index contributed by atoms with van der Waals surface area (Å²) in [5.74, 6) is -1.38. The van der Waals surface area contributed by atoms with Gasteiger partial charge in [0.2, 0.25) is 11.8 Å². The number of para-hydroxylation sites is 2. The monoisotopic (exact) mass is 956 g/mol. The van der Waals surface area contributed by atoms with Crippen molar-refractivity contribution in [3.05, 3.63) is 72.1 Å². The lowest BCUT2D eigenvalue weighted by Crippen LogP contribution is -2.48. The molecule has 0 saturated heterocycles. The largest absolute Gasteiger partial charge is 0.396 e. The third-order valence-corrected chi connectivity index (χ3v) is 12.3. The van der Waals surface area contributed by atoms with Gasteiger partial charge in [0.25, 0.3) is 11.8 Å². The molecule has 2 saturated carbocycles. The molecule has 1 unspecified atom stereocenters. The van der Waals surface area contributed by atoms with Gasteiger partial charge < -0.3 is 39.7 Å². The van der Waals surface area contributed by atoms with Crippen LogP contribution in [0, 0.1) is 34.5 Å². The first-order valence-electron chi connectivity index (χ1n) is 20.5. The molecule has 0 spiro atoms. The number of benzene rings is 2. The molecular weight excluding hydrogens is 902 g/mol. The molecule has 6 rings (SSSR count). The van der Waals surface area contributed by atoms with Crippen molar-refractivity contribution < 1.29 is 28.5 Å². The number of hydrogen-bond acceptors (Lipinski definition) is 8. The Bertz CT molecular complexity index is 2240. The molecule has 14 nitrogen and oxygen atoms in total. The number of nitrogens with one attached hydrogen (secondary N) is 4. The molecule has 17 heteroatoms. The molecule has 5 atom stereocenters. The van der Waals surface area contributed by atoms with Crippen LogP contribution in [0.3, 0.4) is 0 Å². The molecule has 0 aliphatic heterocycles. The van der Waals surface area contributed by atoms with Gasteiger partial charge in [-0.15, -0.1) is 0 Å². The second kappa shape index (κ2) is 23.5. The van der Waals surface area contributed by atoms with Gasteiger partial charge in [-0.05, 0) is 62.8 Å². The van der Waals surface area contributed by atoms with Crippen LogP contribution in [0.15, 0.2) is 60.7 Å². The number of carbonyl (C=O) groups excluding carboxylic acids is 4. The number of aryl methyl sites for hydroxylation is 2. The maximum Gasteiger partial charge on any atom is 0.268 e. The third-order valence-electron chi connectivity index (χ3n) is 10.9. The lowest BCUT2D eigenvalue weighted by molar-refractivity contribution is -0.127. The predicted octanol–water partition coefficient (Wildman–Crippen LogP) is 5.87. The summed E-state index contributed by atoms with van der Waals surface area (Å²) in [4.78, 5) is 51.3. The Hall–Kier alpha value is -4.32. The average Bonchev–Trinajstić information content (AvgIpc) is 3.84. The number of hydrogen-bond donors (Lipinski definition) is 5. The molecule has 2 aliphatic rings. The van der Waals surface area contributed by atoms with E-state index < -0.39 is 7.53 Å². The summed E-state index contributed by atoms with van der Waals surface area (Å²) in [6.45, 7) is 1.70. The van der Waals surface area contributed by atoms with Crippen molar-refractivity contribution in [1.82, 2.24) is 30.4 Å². The van der Waals surface area contributed by atoms with Crippen LogP contribution in [0.1, 0.15) is 85.2 Å². The third kappa shape index (κ3) is 12.6. The number of nitrogens with zero attached hydrogens (tertiary/aromatic N) is 4. The van der Waals surface area contributed by atoms with Crippen LogP contribution in [-0.4, -0.2) is 77.5 Å². The van der Waals surface area contributed by atoms with Crippen molar-refractivity contribution in [1.29, 1.82) is 11.8 Å². The minimum atomic E-state index is -0.420. The summed E-state index contributed by atoms with van der Waals surface area (Å²) >= 11 is 2.12. The molecule has 2 fully saturated rings. The highest BCUT2D eigenvalue weighted by atomic mass is 127. The van der Waals surface area contributed by atoms with Crippen LogP contribution in [0.25, 0.3) is 21.8 Å². The minimum absolute atomic E-state index is 0.0224. The second-order valence-electron chi connectivity index (χ2n) is 14.6. The highest BCUT2D eigenvalue weighted by Crippen LogP contribution is 2.28. The van der Waals surface area contributed by atoms with Gasteiger partial charge in [-0.1, -0.05) is 70.0 Å². The number of aliphatic hydroxyl groups is 1. The Morgan fingerprint density at radius 1 is 0.780 bits per heavy atom. The number of rotatable bonds is 16. The lowest BCUT2D eigenvalue weighted by atomic mass is 9.83. The zero-order valence-electron chi connectivity index (χ0n) is 33.9. The van der Waals surface area contributed by atoms with E-state index >= 15 is 0 Å². The number of aliphatic hydroxyl groups excluding tert-OH is 1. The maximum absolute atomic E-state index is 13.3. The van der Waals surface area contributed by atoms with Crippen molar-refractivity contribution in [2.45, 2.75) is 89.4 Å². The molecule has 0 radical (unpaired) electrons. The zero-order valence-corrected chi connectivity index (χ0v) is 36.8. The number of carbonyl (C=O) groups is 4. The van der Waals surface area contributed by atoms with Crippen LogP contribution >= 0.6 is 29.2 Å². The minimum Gasteiger partial charge on any atom is -0.396 e. The summed E-state index contributed by atoms with van der Waals surface area (Å²) in [7, 11) is 0.0507. The van der Waals surface area contributed by atoms with E-state index in [-0.39, 0.29) is 67.2 Å². The Kier molecular flexibility index (Phi) is 17.6. The van der Waals surface area contributed by atoms with Gasteiger partial charge in [0, 0.05) is 82.3 Å². The van der Waals surface area contributed by atoms with E-state index in [2.05, 4.69) is 42.5 Å². The van der Waals surface area contributed by atoms with Gasteiger partial charge in [-0.3, -0.25) is 19.2 Å². The van der Waals surface area contributed by atoms with E-state index in [0.29, 0.717) is 58.3 Å². The first-order valence-corrected chi connectivity index (χ1v) is 24.8. The van der Waals surface area contributed by atoms with Crippen molar-refractivity contribution in [2.75, 3.05) is 26.3 Å². The van der Waals surface area contributed by atoms with Gasteiger partial charge in [-0.2, -0.15) is 10.5 Å². The molecule has 4 amide bonds. The van der Waals surface area contributed by atoms with Crippen LogP contribution in [-0.2, 0) is 34.4 Å². The van der Waals surface area contributed by atoms with E-state index in [0.717, 1.165) is 66.8 Å². The van der Waals surface area contributed by atoms with Crippen LogP contribution < -0.4 is 21.3 Å². The molecule has 2 aromatic heterocycles. The van der Waals surface area contributed by atoms with Crippen molar-refractivity contribution >= 4 is 82.1 Å². The summed E-state index contributed by atoms with van der Waals surface area (Å²) < 4.78 is 16.9. The number of fused-ring (bicyclic) bond motifs is 2. The SMILES string of the molecule is N#CCNC(=O)[C@@H]1CCCC[C@@H]1NC(=O)c1cc2ccccc2n1CCCO.[3H]P=S(I)OCCCn1c(C(=O)N[C@H]2CCCC[C@H]2C(=O)NCC#N)cc2ccccc21. The topological polar surface area (TPSA) is 203 Å². The normalized spacial score (nSPS) is 19.6. The van der Waals surface area contributed by atoms with Gasteiger partial charge in [0.1, 0.15) is 25.8 Å². The summed E-state index contributed by atoms with van der Waals surface area (Å²) in [6, 6.07) is 22.8. The zero-order chi connectivity index (χ0) is 42.9. The van der Waals surface area contributed by atoms with Gasteiger partial charge in [0.15, 0.2) is 0 Å². The van der Waals surface area contributed by atoms with E-state index in [1.165, 1.54) is 0 Å². The summed E-state index contributed by atoms with van der Waals surface area (Å²) in [5.41, 5.74) is 3.04. The van der Waals surface area contributed by atoms with Crippen molar-refractivity contribution in [3.63, 3.8) is 0 Å². The smallest absolute Gasteiger partial charge is 0.268 e. The second-order valence-corrected chi connectivity index (χ2v) is 20.8. The summed E-state index contributed by atoms with van der Waals surface area (Å²) in [5, 5.41) is 40.0. The molecule has 5 N–H and O–H groups in total. The number of nitriles is 2. The molecule has 2 aliphatic carbocycles. The Balaban J connectivity index is 0.000000230. The van der Waals surface area contributed by atoms with E-state index in [9.17, 15) is 24.3 Å². The van der Waals surface area contributed by atoms with Crippen molar-refractivity contribution in [3.8, 4) is 12.1 Å². The van der Waals surface area contributed by atoms with Crippen LogP contribution in [0.2, 0.25) is 0 Å². The van der Waals surface area contributed by atoms with Crippen LogP contribution in [0.4, 0.5) is 0 Å². The first kappa shape index (κ1) is 44.2. The molecule has 314 valence electrons. The fraction of sp³-hybridized carbons (Fsp3) is 0.476. The first-order chi connectivity index (χ1) is 29.2.